The first-order chi connectivity index (χ1) is 8.24. The van der Waals surface area contributed by atoms with Crippen LogP contribution in [-0.4, -0.2) is 31.1 Å². The molecule has 0 heterocycles. The summed E-state index contributed by atoms with van der Waals surface area (Å²) in [6.45, 7) is 2.81. The number of rotatable bonds is 5. The molecule has 0 amide bonds. The zero-order valence-electron chi connectivity index (χ0n) is 9.95. The monoisotopic (exact) mass is 274 g/mol. The quantitative estimate of drug-likeness (QED) is 0.602. The lowest BCUT2D eigenvalue weighted by Crippen LogP contribution is -2.31. The van der Waals surface area contributed by atoms with Gasteiger partial charge in [0.05, 0.1) is 15.9 Å². The highest BCUT2D eigenvalue weighted by Gasteiger charge is 2.19. The minimum Gasteiger partial charge on any atom is -0.392 e. The molecule has 0 aliphatic carbocycles. The van der Waals surface area contributed by atoms with Crippen molar-refractivity contribution in [2.24, 2.45) is 0 Å². The summed E-state index contributed by atoms with van der Waals surface area (Å²) in [5.41, 5.74) is 0.115. The minimum atomic E-state index is -3.76. The SMILES string of the molecule is Cc1cc([N+](=O)[O-])ccc1S(=O)(=O)NC[C@@H](C)O. The van der Waals surface area contributed by atoms with Crippen molar-refractivity contribution in [3.05, 3.63) is 33.9 Å². The summed E-state index contributed by atoms with van der Waals surface area (Å²) in [6.07, 6.45) is -0.807. The second-order valence-corrected chi connectivity index (χ2v) is 5.64. The summed E-state index contributed by atoms with van der Waals surface area (Å²) in [5.74, 6) is 0. The van der Waals surface area contributed by atoms with E-state index in [0.717, 1.165) is 6.07 Å². The average Bonchev–Trinajstić information content (AvgIpc) is 2.26. The van der Waals surface area contributed by atoms with Crippen molar-refractivity contribution in [1.82, 2.24) is 4.72 Å². The van der Waals surface area contributed by atoms with Gasteiger partial charge >= 0.3 is 0 Å². The fraction of sp³-hybridized carbons (Fsp3) is 0.400. The number of nitro benzene ring substituents is 1. The van der Waals surface area contributed by atoms with Crippen molar-refractivity contribution in [2.75, 3.05) is 6.54 Å². The summed E-state index contributed by atoms with van der Waals surface area (Å²) in [7, 11) is -3.76. The number of aliphatic hydroxyl groups is 1. The molecular formula is C10H14N2O5S. The Bertz CT molecular complexity index is 553. The van der Waals surface area contributed by atoms with Gasteiger partial charge in [0.15, 0.2) is 0 Å². The first kappa shape index (κ1) is 14.6. The maximum Gasteiger partial charge on any atom is 0.269 e. The number of hydrogen-bond acceptors (Lipinski definition) is 5. The van der Waals surface area contributed by atoms with Gasteiger partial charge in [0.25, 0.3) is 5.69 Å². The molecule has 100 valence electrons. The molecular weight excluding hydrogens is 260 g/mol. The van der Waals surface area contributed by atoms with Crippen molar-refractivity contribution < 1.29 is 18.4 Å². The van der Waals surface area contributed by atoms with Crippen molar-refractivity contribution in [2.45, 2.75) is 24.8 Å². The number of benzene rings is 1. The largest absolute Gasteiger partial charge is 0.392 e. The van der Waals surface area contributed by atoms with E-state index in [-0.39, 0.29) is 22.7 Å². The molecule has 0 aromatic heterocycles. The van der Waals surface area contributed by atoms with Crippen molar-refractivity contribution in [3.8, 4) is 0 Å². The summed E-state index contributed by atoms with van der Waals surface area (Å²) in [5, 5.41) is 19.6. The van der Waals surface area contributed by atoms with Crippen LogP contribution in [0.15, 0.2) is 23.1 Å². The highest BCUT2D eigenvalue weighted by molar-refractivity contribution is 7.89. The summed E-state index contributed by atoms with van der Waals surface area (Å²) in [6, 6.07) is 3.50. The maximum absolute atomic E-state index is 11.8. The van der Waals surface area contributed by atoms with Gasteiger partial charge in [-0.1, -0.05) is 0 Å². The molecule has 0 fully saturated rings. The highest BCUT2D eigenvalue weighted by atomic mass is 32.2. The van der Waals surface area contributed by atoms with Crippen LogP contribution in [-0.2, 0) is 10.0 Å². The Morgan fingerprint density at radius 2 is 2.11 bits per heavy atom. The van der Waals surface area contributed by atoms with Gasteiger partial charge in [0.2, 0.25) is 10.0 Å². The molecule has 0 saturated heterocycles. The molecule has 18 heavy (non-hydrogen) atoms. The van der Waals surface area contributed by atoms with Crippen LogP contribution in [0.2, 0.25) is 0 Å². The van der Waals surface area contributed by atoms with Crippen molar-refractivity contribution in [1.29, 1.82) is 0 Å². The Labute approximate surface area is 105 Å². The third-order valence-electron chi connectivity index (χ3n) is 2.23. The zero-order chi connectivity index (χ0) is 13.9. The number of nitro groups is 1. The van der Waals surface area contributed by atoms with Crippen LogP contribution in [0.4, 0.5) is 5.69 Å². The molecule has 0 aliphatic heterocycles. The van der Waals surface area contributed by atoms with Gasteiger partial charge in [-0.25, -0.2) is 13.1 Å². The topological polar surface area (TPSA) is 110 Å². The number of sulfonamides is 1. The molecule has 0 bridgehead atoms. The predicted molar refractivity (Wildman–Crippen MR) is 64.7 cm³/mol. The first-order valence-corrected chi connectivity index (χ1v) is 6.65. The van der Waals surface area contributed by atoms with Gasteiger partial charge in [0, 0.05) is 18.7 Å². The van der Waals surface area contributed by atoms with E-state index < -0.39 is 21.1 Å². The number of non-ortho nitro benzene ring substituents is 1. The Kier molecular flexibility index (Phi) is 4.38. The van der Waals surface area contributed by atoms with Gasteiger partial charge in [-0.2, -0.15) is 0 Å². The molecule has 2 N–H and O–H groups in total. The molecule has 0 radical (unpaired) electrons. The number of aryl methyl sites for hydroxylation is 1. The molecule has 1 rings (SSSR count). The molecule has 0 unspecified atom stereocenters. The Morgan fingerprint density at radius 1 is 1.50 bits per heavy atom. The van der Waals surface area contributed by atoms with Crippen molar-refractivity contribution >= 4 is 15.7 Å². The van der Waals surface area contributed by atoms with Gasteiger partial charge in [0.1, 0.15) is 0 Å². The van der Waals surface area contributed by atoms with Crippen LogP contribution >= 0.6 is 0 Å². The highest BCUT2D eigenvalue weighted by Crippen LogP contribution is 2.20. The zero-order valence-corrected chi connectivity index (χ0v) is 10.8. The number of nitrogens with one attached hydrogen (secondary N) is 1. The number of aliphatic hydroxyl groups excluding tert-OH is 1. The second-order valence-electron chi connectivity index (χ2n) is 3.91. The summed E-state index contributed by atoms with van der Waals surface area (Å²) < 4.78 is 25.9. The standard InChI is InChI=1S/C10H14N2O5S/c1-7-5-9(12(14)15)3-4-10(7)18(16,17)11-6-8(2)13/h3-5,8,11,13H,6H2,1-2H3/t8-/m1/s1. The number of hydrogen-bond donors (Lipinski definition) is 2. The molecule has 1 aromatic carbocycles. The lowest BCUT2D eigenvalue weighted by molar-refractivity contribution is -0.385. The molecule has 0 spiro atoms. The van der Waals surface area contributed by atoms with Crippen LogP contribution in [0, 0.1) is 17.0 Å². The summed E-state index contributed by atoms with van der Waals surface area (Å²) in [4.78, 5) is 9.91. The lowest BCUT2D eigenvalue weighted by Gasteiger charge is -2.10. The second kappa shape index (κ2) is 5.42. The average molecular weight is 274 g/mol. The third-order valence-corrected chi connectivity index (χ3v) is 3.81. The molecule has 1 atom stereocenters. The van der Waals surface area contributed by atoms with Gasteiger partial charge in [-0.3, -0.25) is 10.1 Å². The van der Waals surface area contributed by atoms with E-state index >= 15 is 0 Å². The van der Waals surface area contributed by atoms with Gasteiger partial charge < -0.3 is 5.11 Å². The predicted octanol–water partition coefficient (Wildman–Crippen LogP) is 0.562. The fourth-order valence-electron chi connectivity index (χ4n) is 1.36. The van der Waals surface area contributed by atoms with Gasteiger partial charge in [-0.15, -0.1) is 0 Å². The van der Waals surface area contributed by atoms with Crippen LogP contribution < -0.4 is 4.72 Å². The Balaban J connectivity index is 3.06. The van der Waals surface area contributed by atoms with E-state index in [0.29, 0.717) is 0 Å². The van der Waals surface area contributed by atoms with Crippen LogP contribution in [0.3, 0.4) is 0 Å². The molecule has 1 aromatic rings. The van der Waals surface area contributed by atoms with Crippen LogP contribution in [0.1, 0.15) is 12.5 Å². The van der Waals surface area contributed by atoms with E-state index in [9.17, 15) is 18.5 Å². The lowest BCUT2D eigenvalue weighted by atomic mass is 10.2. The van der Waals surface area contributed by atoms with E-state index in [1.165, 1.54) is 26.0 Å². The van der Waals surface area contributed by atoms with E-state index in [1.807, 2.05) is 0 Å². The molecule has 0 aliphatic rings. The smallest absolute Gasteiger partial charge is 0.269 e. The Morgan fingerprint density at radius 3 is 2.56 bits per heavy atom. The molecule has 8 heteroatoms. The van der Waals surface area contributed by atoms with Gasteiger partial charge in [-0.05, 0) is 25.5 Å². The minimum absolute atomic E-state index is 0.0336. The Hall–Kier alpha value is -1.51. The number of nitrogens with zero attached hydrogens (tertiary/aromatic N) is 1. The van der Waals surface area contributed by atoms with E-state index in [2.05, 4.69) is 4.72 Å². The van der Waals surface area contributed by atoms with E-state index in [1.54, 1.807) is 0 Å². The summed E-state index contributed by atoms with van der Waals surface area (Å²) >= 11 is 0. The van der Waals surface area contributed by atoms with E-state index in [4.69, 9.17) is 5.11 Å². The third kappa shape index (κ3) is 3.49. The molecule has 7 nitrogen and oxygen atoms in total. The van der Waals surface area contributed by atoms with Crippen LogP contribution in [0.5, 0.6) is 0 Å². The fourth-order valence-corrected chi connectivity index (χ4v) is 2.70. The maximum atomic E-state index is 11.8. The van der Waals surface area contributed by atoms with Crippen LogP contribution in [0.25, 0.3) is 0 Å². The normalized spacial score (nSPS) is 13.3. The first-order valence-electron chi connectivity index (χ1n) is 5.17. The van der Waals surface area contributed by atoms with Crippen molar-refractivity contribution in [3.63, 3.8) is 0 Å². The molecule has 0 saturated carbocycles.